The summed E-state index contributed by atoms with van der Waals surface area (Å²) >= 11 is 0. The van der Waals surface area contributed by atoms with Gasteiger partial charge in [-0.05, 0) is 37.0 Å². The van der Waals surface area contributed by atoms with Crippen LogP contribution in [0.3, 0.4) is 0 Å². The SMILES string of the molecule is CCC1C[C@H](C(=O)Nc2cccc(C#N)c2)[C@H](C(=O)O)C1. The summed E-state index contributed by atoms with van der Waals surface area (Å²) in [5.74, 6) is -2.01. The highest BCUT2D eigenvalue weighted by atomic mass is 16.4. The number of nitrogens with zero attached hydrogens (tertiary/aromatic N) is 1. The third-order valence-corrected chi connectivity index (χ3v) is 4.15. The molecule has 110 valence electrons. The quantitative estimate of drug-likeness (QED) is 0.890. The lowest BCUT2D eigenvalue weighted by Crippen LogP contribution is -2.30. The first kappa shape index (κ1) is 15.0. The maximum atomic E-state index is 12.3. The normalized spacial score (nSPS) is 24.3. The summed E-state index contributed by atoms with van der Waals surface area (Å²) in [5, 5.41) is 20.9. The number of carbonyl (C=O) groups excluding carboxylic acids is 1. The Labute approximate surface area is 123 Å². The molecular weight excluding hydrogens is 268 g/mol. The monoisotopic (exact) mass is 286 g/mol. The summed E-state index contributed by atoms with van der Waals surface area (Å²) in [6.07, 6.45) is 2.05. The van der Waals surface area contributed by atoms with E-state index >= 15 is 0 Å². The van der Waals surface area contributed by atoms with Gasteiger partial charge in [-0.2, -0.15) is 5.26 Å². The second-order valence-electron chi connectivity index (χ2n) is 5.48. The number of amides is 1. The summed E-state index contributed by atoms with van der Waals surface area (Å²) < 4.78 is 0. The predicted molar refractivity (Wildman–Crippen MR) is 77.4 cm³/mol. The maximum absolute atomic E-state index is 12.3. The molecule has 0 aromatic heterocycles. The first-order chi connectivity index (χ1) is 10.0. The molecule has 3 atom stereocenters. The maximum Gasteiger partial charge on any atom is 0.307 e. The van der Waals surface area contributed by atoms with E-state index < -0.39 is 17.8 Å². The van der Waals surface area contributed by atoms with E-state index in [-0.39, 0.29) is 11.8 Å². The zero-order valence-corrected chi connectivity index (χ0v) is 11.9. The van der Waals surface area contributed by atoms with Gasteiger partial charge >= 0.3 is 5.97 Å². The molecule has 0 bridgehead atoms. The Morgan fingerprint density at radius 3 is 2.71 bits per heavy atom. The zero-order valence-electron chi connectivity index (χ0n) is 11.9. The number of carbonyl (C=O) groups is 2. The Morgan fingerprint density at radius 1 is 1.38 bits per heavy atom. The number of carboxylic acid groups (broad SMARTS) is 1. The van der Waals surface area contributed by atoms with Gasteiger partial charge in [0.1, 0.15) is 0 Å². The molecule has 0 radical (unpaired) electrons. The van der Waals surface area contributed by atoms with Crippen molar-refractivity contribution in [3.05, 3.63) is 29.8 Å². The van der Waals surface area contributed by atoms with Crippen molar-refractivity contribution in [1.82, 2.24) is 0 Å². The van der Waals surface area contributed by atoms with Crippen LogP contribution in [0.1, 0.15) is 31.7 Å². The van der Waals surface area contributed by atoms with Crippen LogP contribution in [-0.4, -0.2) is 17.0 Å². The molecule has 0 heterocycles. The third-order valence-electron chi connectivity index (χ3n) is 4.15. The molecule has 1 fully saturated rings. The van der Waals surface area contributed by atoms with Crippen LogP contribution in [0.5, 0.6) is 0 Å². The molecule has 1 saturated carbocycles. The van der Waals surface area contributed by atoms with Gasteiger partial charge in [-0.3, -0.25) is 9.59 Å². The van der Waals surface area contributed by atoms with Crippen molar-refractivity contribution in [2.45, 2.75) is 26.2 Å². The molecular formula is C16H18N2O3. The summed E-state index contributed by atoms with van der Waals surface area (Å²) in [4.78, 5) is 23.6. The molecule has 1 amide bonds. The highest BCUT2D eigenvalue weighted by molar-refractivity contribution is 5.95. The molecule has 0 aliphatic heterocycles. The highest BCUT2D eigenvalue weighted by Gasteiger charge is 2.42. The average Bonchev–Trinajstić information content (AvgIpc) is 2.92. The van der Waals surface area contributed by atoms with Crippen molar-refractivity contribution in [2.75, 3.05) is 5.32 Å². The smallest absolute Gasteiger partial charge is 0.307 e. The fourth-order valence-corrected chi connectivity index (χ4v) is 2.94. The summed E-state index contributed by atoms with van der Waals surface area (Å²) in [5.41, 5.74) is 0.989. The number of rotatable bonds is 4. The Bertz CT molecular complexity index is 591. The van der Waals surface area contributed by atoms with Gasteiger partial charge < -0.3 is 10.4 Å². The molecule has 0 saturated heterocycles. The van der Waals surface area contributed by atoms with Crippen LogP contribution < -0.4 is 5.32 Å². The number of hydrogen-bond donors (Lipinski definition) is 2. The first-order valence-electron chi connectivity index (χ1n) is 7.09. The van der Waals surface area contributed by atoms with E-state index in [9.17, 15) is 14.7 Å². The van der Waals surface area contributed by atoms with Gasteiger partial charge in [0.15, 0.2) is 0 Å². The van der Waals surface area contributed by atoms with Crippen LogP contribution in [0, 0.1) is 29.1 Å². The van der Waals surface area contributed by atoms with Crippen LogP contribution in [0.25, 0.3) is 0 Å². The van der Waals surface area contributed by atoms with E-state index in [1.807, 2.05) is 13.0 Å². The topological polar surface area (TPSA) is 90.2 Å². The number of anilines is 1. The van der Waals surface area contributed by atoms with Gasteiger partial charge in [-0.1, -0.05) is 19.4 Å². The minimum absolute atomic E-state index is 0.270. The zero-order chi connectivity index (χ0) is 15.4. The van der Waals surface area contributed by atoms with Crippen molar-refractivity contribution >= 4 is 17.6 Å². The van der Waals surface area contributed by atoms with Crippen molar-refractivity contribution in [3.63, 3.8) is 0 Å². The van der Waals surface area contributed by atoms with Crippen molar-refractivity contribution in [3.8, 4) is 6.07 Å². The van der Waals surface area contributed by atoms with Gasteiger partial charge in [0.25, 0.3) is 0 Å². The van der Waals surface area contributed by atoms with Crippen LogP contribution in [-0.2, 0) is 9.59 Å². The van der Waals surface area contributed by atoms with Crippen molar-refractivity contribution in [2.24, 2.45) is 17.8 Å². The van der Waals surface area contributed by atoms with E-state index in [1.54, 1.807) is 24.3 Å². The second-order valence-corrected chi connectivity index (χ2v) is 5.48. The molecule has 1 aromatic carbocycles. The minimum Gasteiger partial charge on any atom is -0.481 e. The Balaban J connectivity index is 2.11. The first-order valence-corrected chi connectivity index (χ1v) is 7.09. The van der Waals surface area contributed by atoms with E-state index in [2.05, 4.69) is 5.32 Å². The van der Waals surface area contributed by atoms with Gasteiger partial charge in [-0.15, -0.1) is 0 Å². The molecule has 5 heteroatoms. The van der Waals surface area contributed by atoms with Crippen LogP contribution in [0.2, 0.25) is 0 Å². The minimum atomic E-state index is -0.906. The third kappa shape index (κ3) is 3.40. The average molecular weight is 286 g/mol. The molecule has 1 unspecified atom stereocenters. The number of nitriles is 1. The van der Waals surface area contributed by atoms with Crippen molar-refractivity contribution in [1.29, 1.82) is 5.26 Å². The van der Waals surface area contributed by atoms with E-state index in [4.69, 9.17) is 5.26 Å². The standard InChI is InChI=1S/C16H18N2O3/c1-2-10-7-13(14(8-10)16(20)21)15(19)18-12-5-3-4-11(6-12)9-17/h3-6,10,13-14H,2,7-8H2,1H3,(H,18,19)(H,20,21)/t10?,13-,14+/m0/s1. The molecule has 1 aliphatic carbocycles. The molecule has 5 nitrogen and oxygen atoms in total. The lowest BCUT2D eigenvalue weighted by molar-refractivity contribution is -0.145. The fraction of sp³-hybridized carbons (Fsp3) is 0.438. The number of hydrogen-bond acceptors (Lipinski definition) is 3. The summed E-state index contributed by atoms with van der Waals surface area (Å²) in [7, 11) is 0. The molecule has 1 aliphatic rings. The summed E-state index contributed by atoms with van der Waals surface area (Å²) in [6.45, 7) is 2.01. The highest BCUT2D eigenvalue weighted by Crippen LogP contribution is 2.39. The van der Waals surface area contributed by atoms with Gasteiger partial charge in [-0.25, -0.2) is 0 Å². The van der Waals surface area contributed by atoms with E-state index in [0.29, 0.717) is 24.1 Å². The predicted octanol–water partition coefficient (Wildman–Crippen LogP) is 2.63. The van der Waals surface area contributed by atoms with Gasteiger partial charge in [0.05, 0.1) is 23.5 Å². The Kier molecular flexibility index (Phi) is 4.59. The second kappa shape index (κ2) is 6.40. The summed E-state index contributed by atoms with van der Waals surface area (Å²) in [6, 6.07) is 8.62. The lowest BCUT2D eigenvalue weighted by Gasteiger charge is -2.15. The lowest BCUT2D eigenvalue weighted by atomic mass is 9.95. The van der Waals surface area contributed by atoms with Gasteiger partial charge in [0, 0.05) is 5.69 Å². The fourth-order valence-electron chi connectivity index (χ4n) is 2.94. The van der Waals surface area contributed by atoms with Gasteiger partial charge in [0.2, 0.25) is 5.91 Å². The van der Waals surface area contributed by atoms with Crippen LogP contribution >= 0.6 is 0 Å². The number of benzene rings is 1. The largest absolute Gasteiger partial charge is 0.481 e. The van der Waals surface area contributed by atoms with Crippen LogP contribution in [0.4, 0.5) is 5.69 Å². The molecule has 2 rings (SSSR count). The molecule has 0 spiro atoms. The van der Waals surface area contributed by atoms with E-state index in [1.165, 1.54) is 0 Å². The van der Waals surface area contributed by atoms with Crippen LogP contribution in [0.15, 0.2) is 24.3 Å². The Morgan fingerprint density at radius 2 is 2.10 bits per heavy atom. The number of aliphatic carboxylic acids is 1. The molecule has 1 aromatic rings. The molecule has 21 heavy (non-hydrogen) atoms. The molecule has 2 N–H and O–H groups in total. The van der Waals surface area contributed by atoms with Crippen molar-refractivity contribution < 1.29 is 14.7 Å². The number of carboxylic acids is 1. The number of nitrogens with one attached hydrogen (secondary N) is 1. The van der Waals surface area contributed by atoms with E-state index in [0.717, 1.165) is 6.42 Å². The Hall–Kier alpha value is -2.35.